The van der Waals surface area contributed by atoms with Crippen molar-refractivity contribution in [1.29, 1.82) is 0 Å². The fourth-order valence-corrected chi connectivity index (χ4v) is 3.33. The molecule has 0 bridgehead atoms. The van der Waals surface area contributed by atoms with Gasteiger partial charge in [0, 0.05) is 37.2 Å². The standard InChI is InChI=1S/C19H23FN2O4S/c1-26-18-10-6-4-7-15(18)13-21-19(23)11-12-22(27(2,24)25)14-16-8-3-5-9-17(16)20/h3-10H,11-14H2,1-2H3,(H,21,23). The van der Waals surface area contributed by atoms with Gasteiger partial charge in [0.05, 0.1) is 13.4 Å². The van der Waals surface area contributed by atoms with Gasteiger partial charge in [0.25, 0.3) is 0 Å². The lowest BCUT2D eigenvalue weighted by atomic mass is 10.2. The van der Waals surface area contributed by atoms with E-state index in [0.29, 0.717) is 5.75 Å². The van der Waals surface area contributed by atoms with Crippen LogP contribution in [0.3, 0.4) is 0 Å². The Morgan fingerprint density at radius 1 is 1.11 bits per heavy atom. The van der Waals surface area contributed by atoms with E-state index in [1.54, 1.807) is 19.2 Å². The van der Waals surface area contributed by atoms with Crippen LogP contribution in [0.25, 0.3) is 0 Å². The second-order valence-electron chi connectivity index (χ2n) is 6.03. The van der Waals surface area contributed by atoms with Crippen molar-refractivity contribution in [2.24, 2.45) is 0 Å². The van der Waals surface area contributed by atoms with Crippen LogP contribution in [0.2, 0.25) is 0 Å². The molecular weight excluding hydrogens is 371 g/mol. The number of carbonyl (C=O) groups is 1. The van der Waals surface area contributed by atoms with Gasteiger partial charge in [0.2, 0.25) is 15.9 Å². The molecule has 0 saturated heterocycles. The van der Waals surface area contributed by atoms with Gasteiger partial charge in [0.1, 0.15) is 11.6 Å². The van der Waals surface area contributed by atoms with E-state index in [0.717, 1.165) is 16.1 Å². The Labute approximate surface area is 159 Å². The minimum atomic E-state index is -3.59. The van der Waals surface area contributed by atoms with E-state index in [9.17, 15) is 17.6 Å². The average Bonchev–Trinajstić information content (AvgIpc) is 2.64. The van der Waals surface area contributed by atoms with E-state index in [1.807, 2.05) is 18.2 Å². The molecule has 1 amide bonds. The first kappa shape index (κ1) is 20.9. The van der Waals surface area contributed by atoms with Crippen LogP contribution >= 0.6 is 0 Å². The van der Waals surface area contributed by atoms with Gasteiger partial charge in [-0.1, -0.05) is 36.4 Å². The van der Waals surface area contributed by atoms with Gasteiger partial charge in [-0.2, -0.15) is 4.31 Å². The summed E-state index contributed by atoms with van der Waals surface area (Å²) in [6.45, 7) is 0.116. The minimum Gasteiger partial charge on any atom is -0.496 e. The van der Waals surface area contributed by atoms with Crippen molar-refractivity contribution in [1.82, 2.24) is 9.62 Å². The van der Waals surface area contributed by atoms with Crippen LogP contribution in [0, 0.1) is 5.82 Å². The third-order valence-electron chi connectivity index (χ3n) is 4.03. The fraction of sp³-hybridized carbons (Fsp3) is 0.316. The number of hydrogen-bond donors (Lipinski definition) is 1. The van der Waals surface area contributed by atoms with Crippen molar-refractivity contribution in [2.75, 3.05) is 19.9 Å². The van der Waals surface area contributed by atoms with E-state index in [2.05, 4.69) is 5.32 Å². The average molecular weight is 394 g/mol. The number of benzene rings is 2. The Bertz CT molecular complexity index is 887. The topological polar surface area (TPSA) is 75.7 Å². The molecule has 0 heterocycles. The van der Waals surface area contributed by atoms with Crippen molar-refractivity contribution in [3.63, 3.8) is 0 Å². The number of methoxy groups -OCH3 is 1. The molecule has 0 saturated carbocycles. The lowest BCUT2D eigenvalue weighted by molar-refractivity contribution is -0.121. The number of halogens is 1. The van der Waals surface area contributed by atoms with Crippen LogP contribution in [0.4, 0.5) is 4.39 Å². The third kappa shape index (κ3) is 6.33. The normalized spacial score (nSPS) is 11.4. The van der Waals surface area contributed by atoms with Crippen LogP contribution in [0.5, 0.6) is 5.75 Å². The van der Waals surface area contributed by atoms with Crippen LogP contribution in [0.15, 0.2) is 48.5 Å². The number of rotatable bonds is 9. The maximum absolute atomic E-state index is 13.8. The molecule has 1 N–H and O–H groups in total. The zero-order valence-electron chi connectivity index (χ0n) is 15.3. The molecule has 6 nitrogen and oxygen atoms in total. The first-order valence-electron chi connectivity index (χ1n) is 8.38. The second kappa shape index (κ2) is 9.48. The summed E-state index contributed by atoms with van der Waals surface area (Å²) in [6.07, 6.45) is 1.01. The Hall–Kier alpha value is -2.45. The number of nitrogens with one attached hydrogen (secondary N) is 1. The summed E-state index contributed by atoms with van der Waals surface area (Å²) >= 11 is 0. The lowest BCUT2D eigenvalue weighted by Crippen LogP contribution is -2.34. The second-order valence-corrected chi connectivity index (χ2v) is 8.01. The number of sulfonamides is 1. The van der Waals surface area contributed by atoms with Gasteiger partial charge >= 0.3 is 0 Å². The van der Waals surface area contributed by atoms with E-state index < -0.39 is 15.8 Å². The van der Waals surface area contributed by atoms with E-state index in [1.165, 1.54) is 18.2 Å². The van der Waals surface area contributed by atoms with Gasteiger partial charge in [-0.3, -0.25) is 4.79 Å². The predicted octanol–water partition coefficient (Wildman–Crippen LogP) is 2.30. The SMILES string of the molecule is COc1ccccc1CNC(=O)CCN(Cc1ccccc1F)S(C)(=O)=O. The Morgan fingerprint density at radius 2 is 1.74 bits per heavy atom. The van der Waals surface area contributed by atoms with Crippen molar-refractivity contribution in [2.45, 2.75) is 19.5 Å². The number of ether oxygens (including phenoxy) is 1. The predicted molar refractivity (Wildman–Crippen MR) is 101 cm³/mol. The van der Waals surface area contributed by atoms with Gasteiger partial charge in [-0.15, -0.1) is 0 Å². The van der Waals surface area contributed by atoms with Crippen molar-refractivity contribution in [3.8, 4) is 5.75 Å². The molecule has 8 heteroatoms. The van der Waals surface area contributed by atoms with Crippen molar-refractivity contribution in [3.05, 3.63) is 65.5 Å². The smallest absolute Gasteiger partial charge is 0.221 e. The van der Waals surface area contributed by atoms with Crippen molar-refractivity contribution < 1.29 is 22.3 Å². The zero-order chi connectivity index (χ0) is 19.9. The summed E-state index contributed by atoms with van der Waals surface area (Å²) in [6, 6.07) is 13.3. The van der Waals surface area contributed by atoms with Crippen LogP contribution in [-0.4, -0.2) is 38.5 Å². The summed E-state index contributed by atoms with van der Waals surface area (Å²) < 4.78 is 44.1. The van der Waals surface area contributed by atoms with E-state index in [4.69, 9.17) is 4.74 Å². The highest BCUT2D eigenvalue weighted by molar-refractivity contribution is 7.88. The first-order chi connectivity index (χ1) is 12.8. The lowest BCUT2D eigenvalue weighted by Gasteiger charge is -2.20. The fourth-order valence-electron chi connectivity index (χ4n) is 2.54. The van der Waals surface area contributed by atoms with Crippen LogP contribution < -0.4 is 10.1 Å². The molecule has 146 valence electrons. The molecule has 0 spiro atoms. The number of nitrogens with zero attached hydrogens (tertiary/aromatic N) is 1. The Morgan fingerprint density at radius 3 is 2.37 bits per heavy atom. The molecule has 0 aliphatic carbocycles. The molecular formula is C19H23FN2O4S. The highest BCUT2D eigenvalue weighted by Gasteiger charge is 2.19. The Kier molecular flexibility index (Phi) is 7.32. The third-order valence-corrected chi connectivity index (χ3v) is 5.28. The van der Waals surface area contributed by atoms with Gasteiger partial charge < -0.3 is 10.1 Å². The molecule has 2 rings (SSSR count). The highest BCUT2D eigenvalue weighted by atomic mass is 32.2. The summed E-state index contributed by atoms with van der Waals surface area (Å²) in [5, 5.41) is 2.74. The highest BCUT2D eigenvalue weighted by Crippen LogP contribution is 2.17. The van der Waals surface area contributed by atoms with Gasteiger partial charge in [0.15, 0.2) is 0 Å². The minimum absolute atomic E-state index is 0.0311. The summed E-state index contributed by atoms with van der Waals surface area (Å²) in [5.41, 5.74) is 1.08. The molecule has 0 aliphatic rings. The number of amides is 1. The maximum atomic E-state index is 13.8. The summed E-state index contributed by atoms with van der Waals surface area (Å²) in [4.78, 5) is 12.1. The van der Waals surface area contributed by atoms with Crippen LogP contribution in [-0.2, 0) is 27.9 Å². The first-order valence-corrected chi connectivity index (χ1v) is 10.2. The summed E-state index contributed by atoms with van der Waals surface area (Å²) in [7, 11) is -2.04. The molecule has 0 fully saturated rings. The number of para-hydroxylation sites is 1. The van der Waals surface area contributed by atoms with Crippen LogP contribution in [0.1, 0.15) is 17.5 Å². The van der Waals surface area contributed by atoms with E-state index >= 15 is 0 Å². The quantitative estimate of drug-likeness (QED) is 0.708. The molecule has 27 heavy (non-hydrogen) atoms. The molecule has 2 aromatic carbocycles. The van der Waals surface area contributed by atoms with Crippen molar-refractivity contribution >= 4 is 15.9 Å². The van der Waals surface area contributed by atoms with Gasteiger partial charge in [-0.25, -0.2) is 12.8 Å². The molecule has 0 aromatic heterocycles. The summed E-state index contributed by atoms with van der Waals surface area (Å²) in [5.74, 6) is -0.120. The number of carbonyl (C=O) groups excluding carboxylic acids is 1. The maximum Gasteiger partial charge on any atom is 0.221 e. The molecule has 0 atom stereocenters. The molecule has 0 radical (unpaired) electrons. The van der Waals surface area contributed by atoms with Gasteiger partial charge in [-0.05, 0) is 12.1 Å². The zero-order valence-corrected chi connectivity index (χ0v) is 16.1. The van der Waals surface area contributed by atoms with E-state index in [-0.39, 0.29) is 37.5 Å². The molecule has 2 aromatic rings. The largest absolute Gasteiger partial charge is 0.496 e. The molecule has 0 unspecified atom stereocenters. The Balaban J connectivity index is 1.94. The monoisotopic (exact) mass is 394 g/mol. The number of hydrogen-bond acceptors (Lipinski definition) is 4. The molecule has 0 aliphatic heterocycles.